The third-order valence-corrected chi connectivity index (χ3v) is 3.89. The zero-order valence-electron chi connectivity index (χ0n) is 11.5. The Hall–Kier alpha value is -1.10. The zero-order valence-corrected chi connectivity index (χ0v) is 11.5. The Morgan fingerprint density at radius 3 is 2.56 bits per heavy atom. The quantitative estimate of drug-likeness (QED) is 0.796. The van der Waals surface area contributed by atoms with E-state index < -0.39 is 5.54 Å². The first-order valence-electron chi connectivity index (χ1n) is 6.52. The van der Waals surface area contributed by atoms with Crippen LogP contribution in [-0.4, -0.2) is 48.1 Å². The van der Waals surface area contributed by atoms with E-state index >= 15 is 0 Å². The summed E-state index contributed by atoms with van der Waals surface area (Å²) in [4.78, 5) is 26.4. The van der Waals surface area contributed by atoms with E-state index in [4.69, 9.17) is 4.74 Å². The van der Waals surface area contributed by atoms with Crippen LogP contribution in [0.2, 0.25) is 0 Å². The van der Waals surface area contributed by atoms with Gasteiger partial charge in [0.05, 0.1) is 12.6 Å². The topological polar surface area (TPSA) is 58.6 Å². The summed E-state index contributed by atoms with van der Waals surface area (Å²) in [6.45, 7) is 5.94. The summed E-state index contributed by atoms with van der Waals surface area (Å²) in [5.74, 6) is 0.295. The highest BCUT2D eigenvalue weighted by Gasteiger charge is 2.51. The minimum absolute atomic E-state index is 0.0339. The highest BCUT2D eigenvalue weighted by molar-refractivity contribution is 5.99. The van der Waals surface area contributed by atoms with Gasteiger partial charge in [-0.15, -0.1) is 0 Å². The number of hydrogen-bond donors (Lipinski definition) is 1. The Morgan fingerprint density at radius 1 is 1.44 bits per heavy atom. The Bertz CT molecular complexity index is 363. The molecule has 0 aromatic rings. The molecule has 1 heterocycles. The molecule has 0 aromatic heterocycles. The molecule has 1 aliphatic heterocycles. The van der Waals surface area contributed by atoms with Crippen molar-refractivity contribution in [3.63, 3.8) is 0 Å². The number of carbonyl (C=O) groups excluding carboxylic acids is 2. The molecule has 1 saturated carbocycles. The molecule has 0 bridgehead atoms. The van der Waals surface area contributed by atoms with Crippen LogP contribution in [0.5, 0.6) is 0 Å². The maximum absolute atomic E-state index is 12.5. The highest BCUT2D eigenvalue weighted by Crippen LogP contribution is 2.37. The SMILES string of the molecule is COCC(C)N1C(=O)C(C2CC2)NC(=O)C1(C)C. The van der Waals surface area contributed by atoms with Crippen molar-refractivity contribution in [2.45, 2.75) is 51.2 Å². The largest absolute Gasteiger partial charge is 0.383 e. The number of methoxy groups -OCH3 is 1. The van der Waals surface area contributed by atoms with Crippen LogP contribution in [0.25, 0.3) is 0 Å². The van der Waals surface area contributed by atoms with E-state index in [1.807, 2.05) is 6.92 Å². The van der Waals surface area contributed by atoms with E-state index in [1.54, 1.807) is 25.9 Å². The second-order valence-corrected chi connectivity index (χ2v) is 5.86. The molecule has 0 radical (unpaired) electrons. The van der Waals surface area contributed by atoms with E-state index in [1.165, 1.54) is 0 Å². The number of carbonyl (C=O) groups is 2. The molecule has 2 aliphatic rings. The van der Waals surface area contributed by atoms with Crippen LogP contribution < -0.4 is 5.32 Å². The molecular weight excluding hydrogens is 232 g/mol. The molecule has 1 N–H and O–H groups in total. The van der Waals surface area contributed by atoms with Gasteiger partial charge in [0.15, 0.2) is 0 Å². The minimum Gasteiger partial charge on any atom is -0.383 e. The Balaban J connectivity index is 2.24. The molecule has 1 saturated heterocycles. The first kappa shape index (κ1) is 13.3. The van der Waals surface area contributed by atoms with Crippen molar-refractivity contribution in [1.29, 1.82) is 0 Å². The second kappa shape index (κ2) is 4.53. The maximum Gasteiger partial charge on any atom is 0.246 e. The molecule has 5 nitrogen and oxygen atoms in total. The van der Waals surface area contributed by atoms with Gasteiger partial charge in [0.2, 0.25) is 11.8 Å². The predicted molar refractivity (Wildman–Crippen MR) is 66.9 cm³/mol. The predicted octanol–water partition coefficient (Wildman–Crippen LogP) is 0.537. The summed E-state index contributed by atoms with van der Waals surface area (Å²) in [5.41, 5.74) is -0.805. The van der Waals surface area contributed by atoms with Crippen LogP contribution in [-0.2, 0) is 14.3 Å². The van der Waals surface area contributed by atoms with Crippen molar-refractivity contribution in [2.75, 3.05) is 13.7 Å². The number of ether oxygens (including phenoxy) is 1. The lowest BCUT2D eigenvalue weighted by molar-refractivity contribution is -0.160. The van der Waals surface area contributed by atoms with Gasteiger partial charge in [0.1, 0.15) is 11.6 Å². The van der Waals surface area contributed by atoms with Crippen LogP contribution in [0.15, 0.2) is 0 Å². The molecule has 2 rings (SSSR count). The molecule has 0 spiro atoms. The van der Waals surface area contributed by atoms with Gasteiger partial charge < -0.3 is 15.0 Å². The highest BCUT2D eigenvalue weighted by atomic mass is 16.5. The Labute approximate surface area is 108 Å². The molecule has 2 amide bonds. The van der Waals surface area contributed by atoms with Gasteiger partial charge in [-0.05, 0) is 39.5 Å². The van der Waals surface area contributed by atoms with Gasteiger partial charge in [0, 0.05) is 7.11 Å². The van der Waals surface area contributed by atoms with Crippen molar-refractivity contribution >= 4 is 11.8 Å². The zero-order chi connectivity index (χ0) is 13.5. The molecule has 18 heavy (non-hydrogen) atoms. The lowest BCUT2D eigenvalue weighted by Gasteiger charge is -2.47. The van der Waals surface area contributed by atoms with Crippen LogP contribution >= 0.6 is 0 Å². The molecule has 1 aliphatic carbocycles. The summed E-state index contributed by atoms with van der Waals surface area (Å²) >= 11 is 0. The number of hydrogen-bond acceptors (Lipinski definition) is 3. The minimum atomic E-state index is -0.805. The maximum atomic E-state index is 12.5. The molecular formula is C13H22N2O3. The number of rotatable bonds is 4. The monoisotopic (exact) mass is 254 g/mol. The van der Waals surface area contributed by atoms with Gasteiger partial charge in [-0.2, -0.15) is 0 Å². The van der Waals surface area contributed by atoms with Crippen LogP contribution in [0.3, 0.4) is 0 Å². The summed E-state index contributed by atoms with van der Waals surface area (Å²) in [5, 5.41) is 2.87. The van der Waals surface area contributed by atoms with Crippen molar-refractivity contribution < 1.29 is 14.3 Å². The van der Waals surface area contributed by atoms with Crippen LogP contribution in [0.4, 0.5) is 0 Å². The lowest BCUT2D eigenvalue weighted by atomic mass is 9.92. The van der Waals surface area contributed by atoms with Gasteiger partial charge in [0.25, 0.3) is 0 Å². The van der Waals surface area contributed by atoms with Crippen LogP contribution in [0.1, 0.15) is 33.6 Å². The number of nitrogens with one attached hydrogen (secondary N) is 1. The molecule has 2 atom stereocenters. The number of piperazine rings is 1. The van der Waals surface area contributed by atoms with Crippen molar-refractivity contribution in [1.82, 2.24) is 10.2 Å². The molecule has 5 heteroatoms. The summed E-state index contributed by atoms with van der Waals surface area (Å²) in [7, 11) is 1.61. The molecule has 2 unspecified atom stereocenters. The molecule has 0 aromatic carbocycles. The van der Waals surface area contributed by atoms with Crippen molar-refractivity contribution in [3.8, 4) is 0 Å². The normalized spacial score (nSPS) is 29.1. The molecule has 2 fully saturated rings. The average Bonchev–Trinajstić information content (AvgIpc) is 3.07. The summed E-state index contributed by atoms with van der Waals surface area (Å²) in [6, 6.07) is -0.422. The smallest absolute Gasteiger partial charge is 0.246 e. The third kappa shape index (κ3) is 2.11. The Morgan fingerprint density at radius 2 is 2.06 bits per heavy atom. The number of amides is 2. The standard InChI is InChI=1S/C13H22N2O3/c1-8(7-18-4)15-11(16)10(9-5-6-9)14-12(17)13(15,2)3/h8-10H,5-7H2,1-4H3,(H,14,17). The fraction of sp³-hybridized carbons (Fsp3) is 0.846. The van der Waals surface area contributed by atoms with Crippen molar-refractivity contribution in [3.05, 3.63) is 0 Å². The van der Waals surface area contributed by atoms with Gasteiger partial charge in [-0.1, -0.05) is 0 Å². The van der Waals surface area contributed by atoms with Gasteiger partial charge in [-0.3, -0.25) is 9.59 Å². The number of nitrogens with zero attached hydrogens (tertiary/aromatic N) is 1. The van der Waals surface area contributed by atoms with E-state index in [9.17, 15) is 9.59 Å². The summed E-state index contributed by atoms with van der Waals surface area (Å²) < 4.78 is 5.12. The van der Waals surface area contributed by atoms with Crippen molar-refractivity contribution in [2.24, 2.45) is 5.92 Å². The fourth-order valence-electron chi connectivity index (χ4n) is 2.75. The lowest BCUT2D eigenvalue weighted by Crippen LogP contribution is -2.71. The fourth-order valence-corrected chi connectivity index (χ4v) is 2.75. The second-order valence-electron chi connectivity index (χ2n) is 5.86. The van der Waals surface area contributed by atoms with Gasteiger partial charge >= 0.3 is 0 Å². The van der Waals surface area contributed by atoms with Gasteiger partial charge in [-0.25, -0.2) is 0 Å². The third-order valence-electron chi connectivity index (χ3n) is 3.89. The van der Waals surface area contributed by atoms with Crippen LogP contribution in [0, 0.1) is 5.92 Å². The Kier molecular flexibility index (Phi) is 3.36. The first-order chi connectivity index (χ1) is 8.39. The van der Waals surface area contributed by atoms with E-state index in [0.29, 0.717) is 12.5 Å². The van der Waals surface area contributed by atoms with E-state index in [-0.39, 0.29) is 23.9 Å². The average molecular weight is 254 g/mol. The van der Waals surface area contributed by atoms with E-state index in [2.05, 4.69) is 5.32 Å². The molecule has 102 valence electrons. The van der Waals surface area contributed by atoms with E-state index in [0.717, 1.165) is 12.8 Å². The first-order valence-corrected chi connectivity index (χ1v) is 6.52. The summed E-state index contributed by atoms with van der Waals surface area (Å²) in [6.07, 6.45) is 2.06.